The van der Waals surface area contributed by atoms with Crippen LogP contribution in [0.2, 0.25) is 0 Å². The molecule has 0 N–H and O–H groups in total. The van der Waals surface area contributed by atoms with Crippen molar-refractivity contribution in [2.24, 2.45) is 0 Å². The average molecular weight is 228 g/mol. The number of rotatable bonds is 1. The first-order valence-corrected chi connectivity index (χ1v) is 5.72. The molecule has 5 nitrogen and oxygen atoms in total. The summed E-state index contributed by atoms with van der Waals surface area (Å²) in [7, 11) is 0. The van der Waals surface area contributed by atoms with Gasteiger partial charge in [0, 0.05) is 12.8 Å². The van der Waals surface area contributed by atoms with Gasteiger partial charge in [-0.05, 0) is 19.3 Å². The Bertz CT molecular complexity index is 578. The van der Waals surface area contributed by atoms with Crippen LogP contribution in [-0.4, -0.2) is 21.1 Å². The molecule has 17 heavy (non-hydrogen) atoms. The lowest BCUT2D eigenvalue weighted by molar-refractivity contribution is -0.0295. The zero-order valence-electron chi connectivity index (χ0n) is 9.33. The van der Waals surface area contributed by atoms with Crippen LogP contribution in [0.5, 0.6) is 0 Å². The Hall–Kier alpha value is -1.93. The smallest absolute Gasteiger partial charge is 0.135 e. The summed E-state index contributed by atoms with van der Waals surface area (Å²) in [5.41, 5.74) is 2.13. The summed E-state index contributed by atoms with van der Waals surface area (Å²) >= 11 is 0. The minimum Gasteiger partial charge on any atom is -0.358 e. The Labute approximate surface area is 98.7 Å². The molecule has 1 aliphatic heterocycles. The average Bonchev–Trinajstić information content (AvgIpc) is 2.83. The fourth-order valence-corrected chi connectivity index (χ4v) is 2.23. The van der Waals surface area contributed by atoms with Gasteiger partial charge >= 0.3 is 0 Å². The van der Waals surface area contributed by atoms with Crippen molar-refractivity contribution < 1.29 is 4.74 Å². The monoisotopic (exact) mass is 228 g/mol. The number of hydrogen-bond acceptors (Lipinski definition) is 4. The molecular formula is C12H12N4O. The standard InChI is InChI=1S/C12H12N4O/c13-5-9-6-14-7-10-12(9)16(8-15-10)11-3-1-2-4-17-11/h6-8,11H,1-4H2. The molecule has 1 fully saturated rings. The minimum absolute atomic E-state index is 0.00301. The molecule has 1 unspecified atom stereocenters. The molecule has 5 heteroatoms. The maximum Gasteiger partial charge on any atom is 0.135 e. The molecule has 0 aliphatic carbocycles. The molecule has 2 aromatic rings. The number of nitrogens with zero attached hydrogens (tertiary/aromatic N) is 4. The fourth-order valence-electron chi connectivity index (χ4n) is 2.23. The van der Waals surface area contributed by atoms with Gasteiger partial charge in [-0.25, -0.2) is 4.98 Å². The van der Waals surface area contributed by atoms with E-state index in [-0.39, 0.29) is 6.23 Å². The summed E-state index contributed by atoms with van der Waals surface area (Å²) < 4.78 is 7.68. The largest absolute Gasteiger partial charge is 0.358 e. The molecule has 0 spiro atoms. The molecule has 0 radical (unpaired) electrons. The number of ether oxygens (including phenoxy) is 1. The molecule has 1 aliphatic rings. The quantitative estimate of drug-likeness (QED) is 0.748. The SMILES string of the molecule is N#Cc1cncc2ncn(C3CCCCO3)c12. The molecule has 1 atom stereocenters. The van der Waals surface area contributed by atoms with Gasteiger partial charge in [-0.1, -0.05) is 0 Å². The third kappa shape index (κ3) is 1.67. The van der Waals surface area contributed by atoms with Gasteiger partial charge in [-0.3, -0.25) is 4.98 Å². The van der Waals surface area contributed by atoms with Crippen LogP contribution in [-0.2, 0) is 4.74 Å². The third-order valence-corrected chi connectivity index (χ3v) is 3.06. The highest BCUT2D eigenvalue weighted by molar-refractivity contribution is 5.80. The van der Waals surface area contributed by atoms with E-state index in [1.54, 1.807) is 18.7 Å². The van der Waals surface area contributed by atoms with Crippen LogP contribution >= 0.6 is 0 Å². The van der Waals surface area contributed by atoms with Crippen molar-refractivity contribution in [1.29, 1.82) is 5.26 Å². The Morgan fingerprint density at radius 1 is 1.41 bits per heavy atom. The first-order chi connectivity index (χ1) is 8.40. The van der Waals surface area contributed by atoms with Gasteiger partial charge < -0.3 is 9.30 Å². The molecule has 2 aromatic heterocycles. The second-order valence-electron chi connectivity index (χ2n) is 4.14. The Kier molecular flexibility index (Phi) is 2.50. The first-order valence-electron chi connectivity index (χ1n) is 5.72. The molecule has 86 valence electrons. The lowest BCUT2D eigenvalue weighted by Crippen LogP contribution is -2.17. The van der Waals surface area contributed by atoms with Crippen LogP contribution < -0.4 is 0 Å². The zero-order valence-corrected chi connectivity index (χ0v) is 9.33. The van der Waals surface area contributed by atoms with Crippen LogP contribution in [0.3, 0.4) is 0 Å². The molecule has 1 saturated heterocycles. The molecule has 3 heterocycles. The van der Waals surface area contributed by atoms with Gasteiger partial charge in [-0.2, -0.15) is 5.26 Å². The maximum atomic E-state index is 9.10. The second kappa shape index (κ2) is 4.15. The van der Waals surface area contributed by atoms with Gasteiger partial charge in [-0.15, -0.1) is 0 Å². The van der Waals surface area contributed by atoms with Gasteiger partial charge in [0.1, 0.15) is 17.8 Å². The molecule has 0 bridgehead atoms. The number of imidazole rings is 1. The van der Waals surface area contributed by atoms with Crippen LogP contribution in [0.1, 0.15) is 31.1 Å². The topological polar surface area (TPSA) is 63.7 Å². The molecular weight excluding hydrogens is 216 g/mol. The van der Waals surface area contributed by atoms with Crippen LogP contribution in [0.25, 0.3) is 11.0 Å². The van der Waals surface area contributed by atoms with E-state index >= 15 is 0 Å². The second-order valence-corrected chi connectivity index (χ2v) is 4.14. The number of aromatic nitrogens is 3. The highest BCUT2D eigenvalue weighted by Crippen LogP contribution is 2.27. The summed E-state index contributed by atoms with van der Waals surface area (Å²) in [4.78, 5) is 8.27. The highest BCUT2D eigenvalue weighted by Gasteiger charge is 2.19. The van der Waals surface area contributed by atoms with Crippen molar-refractivity contribution in [3.63, 3.8) is 0 Å². The maximum absolute atomic E-state index is 9.10. The van der Waals surface area contributed by atoms with E-state index in [2.05, 4.69) is 16.0 Å². The van der Waals surface area contributed by atoms with Gasteiger partial charge in [0.25, 0.3) is 0 Å². The Morgan fingerprint density at radius 2 is 2.35 bits per heavy atom. The molecule has 0 saturated carbocycles. The van der Waals surface area contributed by atoms with Crippen molar-refractivity contribution in [3.8, 4) is 6.07 Å². The summed E-state index contributed by atoms with van der Waals surface area (Å²) in [6, 6.07) is 2.16. The van der Waals surface area contributed by atoms with Crippen molar-refractivity contribution >= 4 is 11.0 Å². The predicted molar refractivity (Wildman–Crippen MR) is 61.1 cm³/mol. The fraction of sp³-hybridized carbons (Fsp3) is 0.417. The summed E-state index contributed by atoms with van der Waals surface area (Å²) in [6.45, 7) is 0.775. The molecule has 0 amide bonds. The Balaban J connectivity index is 2.13. The van der Waals surface area contributed by atoms with E-state index in [0.717, 1.165) is 36.9 Å². The minimum atomic E-state index is 0.00301. The lowest BCUT2D eigenvalue weighted by Gasteiger charge is -2.24. The summed E-state index contributed by atoms with van der Waals surface area (Å²) in [5.74, 6) is 0. The normalized spacial score (nSPS) is 20.3. The van der Waals surface area contributed by atoms with E-state index < -0.39 is 0 Å². The Morgan fingerprint density at radius 3 is 3.12 bits per heavy atom. The van der Waals surface area contributed by atoms with Crippen LogP contribution in [0.4, 0.5) is 0 Å². The van der Waals surface area contributed by atoms with Crippen LogP contribution in [0, 0.1) is 11.3 Å². The van der Waals surface area contributed by atoms with Gasteiger partial charge in [0.05, 0.1) is 23.6 Å². The van der Waals surface area contributed by atoms with E-state index in [1.165, 1.54) is 0 Å². The van der Waals surface area contributed by atoms with Crippen LogP contribution in [0.15, 0.2) is 18.7 Å². The zero-order chi connectivity index (χ0) is 11.7. The van der Waals surface area contributed by atoms with Gasteiger partial charge in [0.2, 0.25) is 0 Å². The number of hydrogen-bond donors (Lipinski definition) is 0. The number of fused-ring (bicyclic) bond motifs is 1. The van der Waals surface area contributed by atoms with E-state index in [0.29, 0.717) is 5.56 Å². The predicted octanol–water partition coefficient (Wildman–Crippen LogP) is 2.00. The van der Waals surface area contributed by atoms with Crippen molar-refractivity contribution in [1.82, 2.24) is 14.5 Å². The van der Waals surface area contributed by atoms with Crippen molar-refractivity contribution in [2.75, 3.05) is 6.61 Å². The van der Waals surface area contributed by atoms with Crippen molar-refractivity contribution in [3.05, 3.63) is 24.3 Å². The highest BCUT2D eigenvalue weighted by atomic mass is 16.5. The molecule has 0 aromatic carbocycles. The number of pyridine rings is 1. The third-order valence-electron chi connectivity index (χ3n) is 3.06. The molecule has 3 rings (SSSR count). The van der Waals surface area contributed by atoms with E-state index in [9.17, 15) is 0 Å². The summed E-state index contributed by atoms with van der Waals surface area (Å²) in [5, 5.41) is 9.10. The van der Waals surface area contributed by atoms with E-state index in [1.807, 2.05) is 4.57 Å². The summed E-state index contributed by atoms with van der Waals surface area (Å²) in [6.07, 6.45) is 8.22. The first kappa shape index (κ1) is 10.2. The van der Waals surface area contributed by atoms with E-state index in [4.69, 9.17) is 10.00 Å². The lowest BCUT2D eigenvalue weighted by atomic mass is 10.2. The van der Waals surface area contributed by atoms with Crippen molar-refractivity contribution in [2.45, 2.75) is 25.5 Å². The van der Waals surface area contributed by atoms with Gasteiger partial charge in [0.15, 0.2) is 0 Å². The number of nitriles is 1.